The summed E-state index contributed by atoms with van der Waals surface area (Å²) in [4.78, 5) is 15.7. The maximum Gasteiger partial charge on any atom is 0.234 e. The Morgan fingerprint density at radius 2 is 2.25 bits per heavy atom. The van der Waals surface area contributed by atoms with Crippen molar-refractivity contribution in [2.45, 2.75) is 12.6 Å². The number of ether oxygens (including phenoxy) is 1. The van der Waals surface area contributed by atoms with E-state index in [-0.39, 0.29) is 11.9 Å². The number of carbonyl (C=O) groups is 1. The molecule has 1 amide bonds. The fourth-order valence-corrected chi connectivity index (χ4v) is 3.67. The zero-order valence-electron chi connectivity index (χ0n) is 13.8. The van der Waals surface area contributed by atoms with Crippen LogP contribution in [0.15, 0.2) is 41.8 Å². The van der Waals surface area contributed by atoms with Crippen LogP contribution in [0.5, 0.6) is 5.75 Å². The summed E-state index contributed by atoms with van der Waals surface area (Å²) in [5.41, 5.74) is 1.12. The first kappa shape index (κ1) is 17.0. The van der Waals surface area contributed by atoms with Gasteiger partial charge in [-0.3, -0.25) is 9.69 Å². The van der Waals surface area contributed by atoms with Crippen LogP contribution in [-0.4, -0.2) is 44.1 Å². The van der Waals surface area contributed by atoms with E-state index < -0.39 is 0 Å². The number of carbonyl (C=O) groups excluding carboxylic acids is 1. The number of thiophene rings is 1. The Labute approximate surface area is 146 Å². The topological polar surface area (TPSA) is 53.6 Å². The van der Waals surface area contributed by atoms with Gasteiger partial charge in [0.25, 0.3) is 0 Å². The number of hydrogen-bond donors (Lipinski definition) is 2. The van der Waals surface area contributed by atoms with Gasteiger partial charge < -0.3 is 15.4 Å². The molecule has 0 bridgehead atoms. The van der Waals surface area contributed by atoms with E-state index in [4.69, 9.17) is 4.74 Å². The van der Waals surface area contributed by atoms with Gasteiger partial charge in [-0.2, -0.15) is 0 Å². The van der Waals surface area contributed by atoms with Gasteiger partial charge in [0.2, 0.25) is 5.91 Å². The van der Waals surface area contributed by atoms with Crippen LogP contribution in [-0.2, 0) is 11.3 Å². The fourth-order valence-electron chi connectivity index (χ4n) is 3.02. The van der Waals surface area contributed by atoms with Crippen LogP contribution in [0.4, 0.5) is 0 Å². The van der Waals surface area contributed by atoms with Gasteiger partial charge >= 0.3 is 0 Å². The molecule has 2 N–H and O–H groups in total. The number of para-hydroxylation sites is 1. The van der Waals surface area contributed by atoms with E-state index in [0.29, 0.717) is 13.1 Å². The summed E-state index contributed by atoms with van der Waals surface area (Å²) in [5, 5.41) is 8.45. The average Bonchev–Trinajstić information content (AvgIpc) is 3.14. The third kappa shape index (κ3) is 4.14. The maximum absolute atomic E-state index is 12.3. The van der Waals surface area contributed by atoms with Gasteiger partial charge in [0.05, 0.1) is 26.2 Å². The molecule has 0 saturated carbocycles. The first-order valence-corrected chi connectivity index (χ1v) is 9.02. The lowest BCUT2D eigenvalue weighted by molar-refractivity contribution is -0.123. The third-order valence-corrected chi connectivity index (χ3v) is 5.12. The number of benzene rings is 1. The minimum absolute atomic E-state index is 0.0604. The zero-order chi connectivity index (χ0) is 16.8. The van der Waals surface area contributed by atoms with E-state index >= 15 is 0 Å². The average molecular weight is 345 g/mol. The van der Waals surface area contributed by atoms with Crippen molar-refractivity contribution < 1.29 is 9.53 Å². The molecule has 1 atom stereocenters. The second-order valence-electron chi connectivity index (χ2n) is 5.79. The van der Waals surface area contributed by atoms with E-state index in [2.05, 4.69) is 21.6 Å². The molecule has 5 nitrogen and oxygen atoms in total. The number of methoxy groups -OCH3 is 1. The van der Waals surface area contributed by atoms with E-state index in [1.54, 1.807) is 18.4 Å². The molecule has 128 valence electrons. The van der Waals surface area contributed by atoms with Gasteiger partial charge in [-0.25, -0.2) is 0 Å². The molecule has 0 spiro atoms. The Kier molecular flexibility index (Phi) is 5.85. The molecule has 0 radical (unpaired) electrons. The highest BCUT2D eigenvalue weighted by Crippen LogP contribution is 2.29. The van der Waals surface area contributed by atoms with Crippen LogP contribution in [0.1, 0.15) is 16.5 Å². The molecule has 2 aromatic rings. The first-order chi connectivity index (χ1) is 11.8. The van der Waals surface area contributed by atoms with Crippen molar-refractivity contribution in [2.24, 2.45) is 0 Å². The molecule has 0 aliphatic carbocycles. The van der Waals surface area contributed by atoms with Crippen LogP contribution in [0.25, 0.3) is 0 Å². The van der Waals surface area contributed by atoms with E-state index in [0.717, 1.165) is 30.9 Å². The summed E-state index contributed by atoms with van der Waals surface area (Å²) in [6, 6.07) is 12.2. The molecular formula is C18H23N3O2S. The molecule has 1 aromatic carbocycles. The Balaban J connectivity index is 1.64. The van der Waals surface area contributed by atoms with Crippen LogP contribution in [0.2, 0.25) is 0 Å². The smallest absolute Gasteiger partial charge is 0.234 e. The summed E-state index contributed by atoms with van der Waals surface area (Å²) in [6.45, 7) is 3.55. The zero-order valence-corrected chi connectivity index (χ0v) is 14.6. The summed E-state index contributed by atoms with van der Waals surface area (Å²) < 4.78 is 5.49. The van der Waals surface area contributed by atoms with Gasteiger partial charge in [-0.1, -0.05) is 24.3 Å². The lowest BCUT2D eigenvalue weighted by atomic mass is 10.0. The van der Waals surface area contributed by atoms with Gasteiger partial charge in [-0.05, 0) is 17.5 Å². The van der Waals surface area contributed by atoms with Gasteiger partial charge in [0.1, 0.15) is 5.75 Å². The molecule has 1 fully saturated rings. The highest BCUT2D eigenvalue weighted by Gasteiger charge is 2.27. The number of hydrogen-bond acceptors (Lipinski definition) is 5. The van der Waals surface area contributed by atoms with Gasteiger partial charge in [0, 0.05) is 30.1 Å². The number of piperazine rings is 1. The number of nitrogens with one attached hydrogen (secondary N) is 2. The molecule has 3 rings (SSSR count). The van der Waals surface area contributed by atoms with Crippen LogP contribution in [0.3, 0.4) is 0 Å². The summed E-state index contributed by atoms with van der Waals surface area (Å²) in [6.07, 6.45) is 0. The number of rotatable bonds is 6. The largest absolute Gasteiger partial charge is 0.496 e. The SMILES string of the molecule is COc1ccccc1C1CNCCN1CC(=O)NCc1cccs1. The lowest BCUT2D eigenvalue weighted by Crippen LogP contribution is -2.49. The maximum atomic E-state index is 12.3. The predicted octanol–water partition coefficient (Wildman–Crippen LogP) is 2.02. The highest BCUT2D eigenvalue weighted by atomic mass is 32.1. The van der Waals surface area contributed by atoms with Gasteiger partial charge in [0.15, 0.2) is 0 Å². The van der Waals surface area contributed by atoms with Crippen molar-refractivity contribution in [3.63, 3.8) is 0 Å². The second-order valence-corrected chi connectivity index (χ2v) is 6.82. The minimum Gasteiger partial charge on any atom is -0.496 e. The normalized spacial score (nSPS) is 18.3. The highest BCUT2D eigenvalue weighted by molar-refractivity contribution is 7.09. The van der Waals surface area contributed by atoms with Crippen molar-refractivity contribution >= 4 is 17.2 Å². The fraction of sp³-hybridized carbons (Fsp3) is 0.389. The van der Waals surface area contributed by atoms with E-state index in [9.17, 15) is 4.79 Å². The number of nitrogens with zero attached hydrogens (tertiary/aromatic N) is 1. The van der Waals surface area contributed by atoms with E-state index in [1.807, 2.05) is 35.7 Å². The van der Waals surface area contributed by atoms with Crippen molar-refractivity contribution in [1.29, 1.82) is 0 Å². The van der Waals surface area contributed by atoms with Gasteiger partial charge in [-0.15, -0.1) is 11.3 Å². The first-order valence-electron chi connectivity index (χ1n) is 8.14. The Morgan fingerprint density at radius 3 is 3.04 bits per heavy atom. The van der Waals surface area contributed by atoms with Crippen molar-refractivity contribution in [3.05, 3.63) is 52.2 Å². The summed E-state index contributed by atoms with van der Waals surface area (Å²) >= 11 is 1.66. The second kappa shape index (κ2) is 8.28. The van der Waals surface area contributed by atoms with Crippen molar-refractivity contribution in [2.75, 3.05) is 33.3 Å². The Hall–Kier alpha value is -1.89. The van der Waals surface area contributed by atoms with E-state index in [1.165, 1.54) is 4.88 Å². The summed E-state index contributed by atoms with van der Waals surface area (Å²) in [7, 11) is 1.69. The molecule has 1 aliphatic rings. The van der Waals surface area contributed by atoms with Crippen LogP contribution in [0, 0.1) is 0 Å². The standard InChI is InChI=1S/C18H23N3O2S/c1-23-17-7-3-2-6-15(17)16-12-19-8-9-21(16)13-18(22)20-11-14-5-4-10-24-14/h2-7,10,16,19H,8-9,11-13H2,1H3,(H,20,22). The van der Waals surface area contributed by atoms with Crippen LogP contribution < -0.4 is 15.4 Å². The van der Waals surface area contributed by atoms with Crippen LogP contribution >= 0.6 is 11.3 Å². The molecular weight excluding hydrogens is 322 g/mol. The molecule has 6 heteroatoms. The molecule has 24 heavy (non-hydrogen) atoms. The molecule has 2 heterocycles. The molecule has 1 aliphatic heterocycles. The molecule has 1 unspecified atom stereocenters. The number of amides is 1. The minimum atomic E-state index is 0.0604. The third-order valence-electron chi connectivity index (χ3n) is 4.24. The monoisotopic (exact) mass is 345 g/mol. The molecule has 1 saturated heterocycles. The van der Waals surface area contributed by atoms with Crippen molar-refractivity contribution in [3.8, 4) is 5.75 Å². The predicted molar refractivity (Wildman–Crippen MR) is 96.3 cm³/mol. The summed E-state index contributed by atoms with van der Waals surface area (Å²) in [5.74, 6) is 0.931. The Bertz CT molecular complexity index is 660. The lowest BCUT2D eigenvalue weighted by Gasteiger charge is -2.36. The van der Waals surface area contributed by atoms with Crippen molar-refractivity contribution in [1.82, 2.24) is 15.5 Å². The quantitative estimate of drug-likeness (QED) is 0.841. The Morgan fingerprint density at radius 1 is 1.38 bits per heavy atom. The molecule has 1 aromatic heterocycles.